The number of thioether (sulfide) groups is 1. The Hall–Kier alpha value is -0.740. The molecule has 20 heavy (non-hydrogen) atoms. The molecule has 0 aromatic heterocycles. The van der Waals surface area contributed by atoms with E-state index < -0.39 is 0 Å². The Morgan fingerprint density at radius 1 is 1.35 bits per heavy atom. The molecule has 0 saturated carbocycles. The van der Waals surface area contributed by atoms with Crippen molar-refractivity contribution >= 4 is 17.4 Å². The maximum Gasteiger partial charge on any atom is 0.123 e. The second-order valence-electron chi connectivity index (χ2n) is 5.81. The third-order valence-electron chi connectivity index (χ3n) is 3.81. The molecule has 4 heteroatoms. The minimum absolute atomic E-state index is 0.101. The standard InChI is InChI=1S/C16H25FN2S/c1-4-15(18)8-13-7-14(17)5-6-16(13)19-9-11(2)20-12(3)10-19/h5-7,11-12,15H,4,8-10,18H2,1-3H3. The smallest absolute Gasteiger partial charge is 0.123 e. The van der Waals surface area contributed by atoms with Crippen LogP contribution in [0.2, 0.25) is 0 Å². The molecule has 1 aromatic rings. The van der Waals surface area contributed by atoms with Crippen LogP contribution in [-0.2, 0) is 6.42 Å². The molecule has 1 aromatic carbocycles. The molecule has 1 fully saturated rings. The Labute approximate surface area is 125 Å². The SMILES string of the molecule is CCC(N)Cc1cc(F)ccc1N1CC(C)SC(C)C1. The zero-order chi connectivity index (χ0) is 14.7. The molecule has 0 aliphatic carbocycles. The molecule has 2 nitrogen and oxygen atoms in total. The molecule has 3 unspecified atom stereocenters. The maximum absolute atomic E-state index is 13.6. The monoisotopic (exact) mass is 296 g/mol. The first-order valence-electron chi connectivity index (χ1n) is 7.44. The lowest BCUT2D eigenvalue weighted by atomic mass is 10.0. The molecule has 3 atom stereocenters. The molecule has 1 aliphatic heterocycles. The summed E-state index contributed by atoms with van der Waals surface area (Å²) in [5.74, 6) is -0.167. The van der Waals surface area contributed by atoms with Gasteiger partial charge in [-0.2, -0.15) is 11.8 Å². The number of nitrogens with zero attached hydrogens (tertiary/aromatic N) is 1. The van der Waals surface area contributed by atoms with Crippen molar-refractivity contribution in [2.24, 2.45) is 5.73 Å². The van der Waals surface area contributed by atoms with E-state index in [-0.39, 0.29) is 11.9 Å². The van der Waals surface area contributed by atoms with E-state index in [1.165, 1.54) is 0 Å². The van der Waals surface area contributed by atoms with Crippen LogP contribution in [0.25, 0.3) is 0 Å². The van der Waals surface area contributed by atoms with Gasteiger partial charge in [-0.15, -0.1) is 0 Å². The molecule has 0 spiro atoms. The average molecular weight is 296 g/mol. The van der Waals surface area contributed by atoms with Crippen LogP contribution in [0.5, 0.6) is 0 Å². The Bertz CT molecular complexity index is 442. The highest BCUT2D eigenvalue weighted by Crippen LogP contribution is 2.31. The maximum atomic E-state index is 13.6. The Balaban J connectivity index is 2.25. The molecule has 2 N–H and O–H groups in total. The average Bonchev–Trinajstić information content (AvgIpc) is 2.37. The summed E-state index contributed by atoms with van der Waals surface area (Å²) in [6, 6.07) is 5.24. The fraction of sp³-hybridized carbons (Fsp3) is 0.625. The van der Waals surface area contributed by atoms with Crippen molar-refractivity contribution in [3.63, 3.8) is 0 Å². The van der Waals surface area contributed by atoms with Crippen LogP contribution in [0.4, 0.5) is 10.1 Å². The van der Waals surface area contributed by atoms with E-state index in [0.717, 1.165) is 37.2 Å². The van der Waals surface area contributed by atoms with Crippen LogP contribution >= 0.6 is 11.8 Å². The van der Waals surface area contributed by atoms with E-state index >= 15 is 0 Å². The first kappa shape index (κ1) is 15.6. The summed E-state index contributed by atoms with van der Waals surface area (Å²) in [4.78, 5) is 2.39. The highest BCUT2D eigenvalue weighted by Gasteiger charge is 2.24. The van der Waals surface area contributed by atoms with Crippen molar-refractivity contribution in [3.05, 3.63) is 29.6 Å². The van der Waals surface area contributed by atoms with Gasteiger partial charge in [0.25, 0.3) is 0 Å². The van der Waals surface area contributed by atoms with E-state index in [2.05, 4.69) is 25.7 Å². The molecule has 1 aliphatic rings. The number of halogens is 1. The fourth-order valence-corrected chi connectivity index (χ4v) is 4.15. The van der Waals surface area contributed by atoms with E-state index in [1.807, 2.05) is 17.8 Å². The number of hydrogen-bond acceptors (Lipinski definition) is 3. The Kier molecular flexibility index (Phi) is 5.33. The molecule has 112 valence electrons. The lowest BCUT2D eigenvalue weighted by Gasteiger charge is -2.37. The minimum atomic E-state index is -0.167. The third kappa shape index (κ3) is 3.89. The van der Waals surface area contributed by atoms with Gasteiger partial charge < -0.3 is 10.6 Å². The van der Waals surface area contributed by atoms with Gasteiger partial charge in [0.1, 0.15) is 5.82 Å². The van der Waals surface area contributed by atoms with Gasteiger partial charge in [0.2, 0.25) is 0 Å². The minimum Gasteiger partial charge on any atom is -0.369 e. The largest absolute Gasteiger partial charge is 0.369 e. The molecule has 0 amide bonds. The van der Waals surface area contributed by atoms with Crippen LogP contribution in [0, 0.1) is 5.82 Å². The van der Waals surface area contributed by atoms with E-state index in [9.17, 15) is 4.39 Å². The molecule has 2 rings (SSSR count). The molecular weight excluding hydrogens is 271 g/mol. The van der Waals surface area contributed by atoms with Crippen molar-refractivity contribution in [1.29, 1.82) is 0 Å². The summed E-state index contributed by atoms with van der Waals surface area (Å²) in [6.45, 7) is 8.64. The van der Waals surface area contributed by atoms with Gasteiger partial charge in [0.15, 0.2) is 0 Å². The number of benzene rings is 1. The number of anilines is 1. The van der Waals surface area contributed by atoms with Gasteiger partial charge in [-0.3, -0.25) is 0 Å². The predicted molar refractivity (Wildman–Crippen MR) is 87.1 cm³/mol. The highest BCUT2D eigenvalue weighted by molar-refractivity contribution is 8.00. The van der Waals surface area contributed by atoms with Gasteiger partial charge in [0.05, 0.1) is 0 Å². The van der Waals surface area contributed by atoms with Crippen molar-refractivity contribution in [3.8, 4) is 0 Å². The fourth-order valence-electron chi connectivity index (χ4n) is 2.83. The van der Waals surface area contributed by atoms with E-state index in [0.29, 0.717) is 10.5 Å². The quantitative estimate of drug-likeness (QED) is 0.923. The summed E-state index contributed by atoms with van der Waals surface area (Å²) >= 11 is 2.03. The first-order chi connectivity index (χ1) is 9.49. The van der Waals surface area contributed by atoms with Crippen molar-refractivity contribution < 1.29 is 4.39 Å². The summed E-state index contributed by atoms with van der Waals surface area (Å²) < 4.78 is 13.6. The molecule has 0 radical (unpaired) electrons. The summed E-state index contributed by atoms with van der Waals surface area (Å²) in [5, 5.41) is 1.22. The first-order valence-corrected chi connectivity index (χ1v) is 8.38. The second kappa shape index (κ2) is 6.81. The Morgan fingerprint density at radius 3 is 2.60 bits per heavy atom. The Morgan fingerprint density at radius 2 is 2.00 bits per heavy atom. The van der Waals surface area contributed by atoms with Crippen molar-refractivity contribution in [2.45, 2.75) is 50.2 Å². The lowest BCUT2D eigenvalue weighted by Crippen LogP contribution is -2.41. The van der Waals surface area contributed by atoms with Crippen LogP contribution in [0.1, 0.15) is 32.8 Å². The summed E-state index contributed by atoms with van der Waals surface area (Å²) in [6.07, 6.45) is 1.66. The zero-order valence-corrected chi connectivity index (χ0v) is 13.4. The van der Waals surface area contributed by atoms with Gasteiger partial charge in [-0.25, -0.2) is 4.39 Å². The van der Waals surface area contributed by atoms with Gasteiger partial charge in [-0.05, 0) is 36.6 Å². The van der Waals surface area contributed by atoms with E-state index in [1.54, 1.807) is 12.1 Å². The topological polar surface area (TPSA) is 29.3 Å². The normalized spacial score (nSPS) is 24.8. The van der Waals surface area contributed by atoms with Crippen LogP contribution in [0.15, 0.2) is 18.2 Å². The van der Waals surface area contributed by atoms with Crippen molar-refractivity contribution in [2.75, 3.05) is 18.0 Å². The number of hydrogen-bond donors (Lipinski definition) is 1. The van der Waals surface area contributed by atoms with Crippen molar-refractivity contribution in [1.82, 2.24) is 0 Å². The third-order valence-corrected chi connectivity index (χ3v) is 5.04. The second-order valence-corrected chi connectivity index (χ2v) is 7.69. The van der Waals surface area contributed by atoms with Crippen LogP contribution in [0.3, 0.4) is 0 Å². The summed E-state index contributed by atoms with van der Waals surface area (Å²) in [7, 11) is 0. The number of nitrogens with two attached hydrogens (primary N) is 1. The number of rotatable bonds is 4. The van der Waals surface area contributed by atoms with Gasteiger partial charge >= 0.3 is 0 Å². The molecule has 1 heterocycles. The summed E-state index contributed by atoms with van der Waals surface area (Å²) in [5.41, 5.74) is 8.27. The van der Waals surface area contributed by atoms with Gasteiger partial charge in [-0.1, -0.05) is 20.8 Å². The van der Waals surface area contributed by atoms with Gasteiger partial charge in [0, 0.05) is 35.3 Å². The van der Waals surface area contributed by atoms with Crippen LogP contribution < -0.4 is 10.6 Å². The highest BCUT2D eigenvalue weighted by atomic mass is 32.2. The molecule has 1 saturated heterocycles. The molecular formula is C16H25FN2S. The lowest BCUT2D eigenvalue weighted by molar-refractivity contribution is 0.611. The zero-order valence-electron chi connectivity index (χ0n) is 12.6. The van der Waals surface area contributed by atoms with Crippen LogP contribution in [-0.4, -0.2) is 29.6 Å². The predicted octanol–water partition coefficient (Wildman–Crippen LogP) is 3.44. The molecule has 0 bridgehead atoms. The van der Waals surface area contributed by atoms with E-state index in [4.69, 9.17) is 5.73 Å².